The average Bonchev–Trinajstić information content (AvgIpc) is 2.40. The second-order valence-electron chi connectivity index (χ2n) is 4.81. The number of hydrogen-bond donors (Lipinski definition) is 2. The highest BCUT2D eigenvalue weighted by atomic mass is 16.5. The van der Waals surface area contributed by atoms with Gasteiger partial charge in [-0.2, -0.15) is 0 Å². The molecule has 7 heteroatoms. The highest BCUT2D eigenvalue weighted by molar-refractivity contribution is 5.95. The zero-order valence-corrected chi connectivity index (χ0v) is 12.1. The summed E-state index contributed by atoms with van der Waals surface area (Å²) in [6.07, 6.45) is 3.18. The molecule has 1 heterocycles. The van der Waals surface area contributed by atoms with Crippen LogP contribution in [0.15, 0.2) is 0 Å². The van der Waals surface area contributed by atoms with E-state index in [9.17, 15) is 14.4 Å². The standard InChI is InChI=1S/C13H23N3O4/c1-3-14-13(19)15-11(17)9-16-7-5-4-6-10(16)8-12(18)20-2/h10H,3-9H2,1-2H3,(H2,14,15,17,19). The topological polar surface area (TPSA) is 87.7 Å². The number of ether oxygens (including phenoxy) is 1. The molecule has 1 aliphatic heterocycles. The number of amides is 3. The number of hydrogen-bond acceptors (Lipinski definition) is 5. The molecule has 114 valence electrons. The van der Waals surface area contributed by atoms with Gasteiger partial charge in [-0.15, -0.1) is 0 Å². The molecule has 2 N–H and O–H groups in total. The number of carbonyl (C=O) groups excluding carboxylic acids is 3. The first kappa shape index (κ1) is 16.4. The molecule has 0 aromatic heterocycles. The lowest BCUT2D eigenvalue weighted by Crippen LogP contribution is -2.49. The fourth-order valence-electron chi connectivity index (χ4n) is 2.33. The molecule has 0 aliphatic carbocycles. The van der Waals surface area contributed by atoms with E-state index in [1.807, 2.05) is 4.90 Å². The van der Waals surface area contributed by atoms with Crippen molar-refractivity contribution >= 4 is 17.9 Å². The minimum absolute atomic E-state index is 0.0104. The van der Waals surface area contributed by atoms with Crippen molar-refractivity contribution in [1.82, 2.24) is 15.5 Å². The van der Waals surface area contributed by atoms with E-state index in [1.54, 1.807) is 6.92 Å². The lowest BCUT2D eigenvalue weighted by molar-refractivity contribution is -0.143. The molecule has 0 spiro atoms. The summed E-state index contributed by atoms with van der Waals surface area (Å²) in [4.78, 5) is 36.3. The van der Waals surface area contributed by atoms with Crippen molar-refractivity contribution in [3.63, 3.8) is 0 Å². The van der Waals surface area contributed by atoms with E-state index in [-0.39, 0.29) is 30.9 Å². The lowest BCUT2D eigenvalue weighted by atomic mass is 9.99. The van der Waals surface area contributed by atoms with Crippen molar-refractivity contribution in [2.45, 2.75) is 38.6 Å². The van der Waals surface area contributed by atoms with Crippen LogP contribution in [0.5, 0.6) is 0 Å². The van der Waals surface area contributed by atoms with Gasteiger partial charge in [0.15, 0.2) is 0 Å². The summed E-state index contributed by atoms with van der Waals surface area (Å²) in [6, 6.07) is -0.477. The predicted molar refractivity (Wildman–Crippen MR) is 73.1 cm³/mol. The number of piperidine rings is 1. The molecular weight excluding hydrogens is 262 g/mol. The minimum Gasteiger partial charge on any atom is -0.469 e. The van der Waals surface area contributed by atoms with E-state index in [2.05, 4.69) is 15.4 Å². The Hall–Kier alpha value is -1.63. The van der Waals surface area contributed by atoms with Gasteiger partial charge in [-0.05, 0) is 26.3 Å². The van der Waals surface area contributed by atoms with Gasteiger partial charge >= 0.3 is 12.0 Å². The van der Waals surface area contributed by atoms with Crippen LogP contribution in [0.25, 0.3) is 0 Å². The van der Waals surface area contributed by atoms with Crippen LogP contribution in [0.1, 0.15) is 32.6 Å². The van der Waals surface area contributed by atoms with Crippen molar-refractivity contribution in [2.24, 2.45) is 0 Å². The molecule has 3 amide bonds. The molecule has 20 heavy (non-hydrogen) atoms. The molecule has 7 nitrogen and oxygen atoms in total. The summed E-state index contributed by atoms with van der Waals surface area (Å²) in [7, 11) is 1.36. The number of esters is 1. The zero-order valence-electron chi connectivity index (χ0n) is 12.1. The molecule has 1 fully saturated rings. The Balaban J connectivity index is 2.47. The van der Waals surface area contributed by atoms with E-state index in [0.29, 0.717) is 6.54 Å². The van der Waals surface area contributed by atoms with Gasteiger partial charge in [0.1, 0.15) is 0 Å². The molecule has 0 aromatic rings. The summed E-state index contributed by atoms with van der Waals surface area (Å²) in [5.41, 5.74) is 0. The van der Waals surface area contributed by atoms with Crippen molar-refractivity contribution in [1.29, 1.82) is 0 Å². The molecule has 0 aromatic carbocycles. The van der Waals surface area contributed by atoms with E-state index in [0.717, 1.165) is 25.8 Å². The Morgan fingerprint density at radius 1 is 1.30 bits per heavy atom. The minimum atomic E-state index is -0.487. The molecule has 0 radical (unpaired) electrons. The van der Waals surface area contributed by atoms with Gasteiger partial charge in [-0.25, -0.2) is 4.79 Å². The maximum Gasteiger partial charge on any atom is 0.321 e. The van der Waals surface area contributed by atoms with Crippen LogP contribution in [0.2, 0.25) is 0 Å². The molecule has 1 aliphatic rings. The summed E-state index contributed by atoms with van der Waals surface area (Å²) >= 11 is 0. The van der Waals surface area contributed by atoms with Crippen molar-refractivity contribution < 1.29 is 19.1 Å². The van der Waals surface area contributed by atoms with Crippen LogP contribution in [-0.2, 0) is 14.3 Å². The molecular formula is C13H23N3O4. The molecule has 1 unspecified atom stereocenters. The molecule has 0 saturated carbocycles. The normalized spacial score (nSPS) is 19.2. The van der Waals surface area contributed by atoms with Crippen LogP contribution >= 0.6 is 0 Å². The van der Waals surface area contributed by atoms with Gasteiger partial charge in [-0.1, -0.05) is 6.42 Å². The summed E-state index contributed by atoms with van der Waals surface area (Å²) < 4.78 is 4.67. The van der Waals surface area contributed by atoms with Gasteiger partial charge in [-0.3, -0.25) is 19.8 Å². The highest BCUT2D eigenvalue weighted by Crippen LogP contribution is 2.19. The van der Waals surface area contributed by atoms with Crippen LogP contribution in [0.4, 0.5) is 4.79 Å². The van der Waals surface area contributed by atoms with Gasteiger partial charge in [0, 0.05) is 12.6 Å². The molecule has 1 saturated heterocycles. The summed E-state index contributed by atoms with van der Waals surface area (Å²) in [5.74, 6) is -0.626. The van der Waals surface area contributed by atoms with Gasteiger partial charge in [0.25, 0.3) is 0 Å². The van der Waals surface area contributed by atoms with Crippen LogP contribution in [0, 0.1) is 0 Å². The van der Waals surface area contributed by atoms with E-state index >= 15 is 0 Å². The summed E-state index contributed by atoms with van der Waals surface area (Å²) in [6.45, 7) is 3.12. The van der Waals surface area contributed by atoms with E-state index in [4.69, 9.17) is 0 Å². The van der Waals surface area contributed by atoms with Gasteiger partial charge in [0.2, 0.25) is 5.91 Å². The van der Waals surface area contributed by atoms with Crippen LogP contribution in [-0.4, -0.2) is 55.6 Å². The maximum absolute atomic E-state index is 11.8. The number of methoxy groups -OCH3 is 1. The molecule has 0 bridgehead atoms. The number of urea groups is 1. The van der Waals surface area contributed by atoms with E-state index < -0.39 is 6.03 Å². The number of likely N-dealkylation sites (tertiary alicyclic amines) is 1. The van der Waals surface area contributed by atoms with Crippen LogP contribution in [0.3, 0.4) is 0 Å². The van der Waals surface area contributed by atoms with Gasteiger partial charge in [0.05, 0.1) is 20.1 Å². The molecule has 1 rings (SSSR count). The number of rotatable bonds is 5. The molecule has 1 atom stereocenters. The Morgan fingerprint density at radius 3 is 2.70 bits per heavy atom. The number of nitrogens with zero attached hydrogens (tertiary/aromatic N) is 1. The van der Waals surface area contributed by atoms with Crippen LogP contribution < -0.4 is 10.6 Å². The average molecular weight is 285 g/mol. The first-order valence-corrected chi connectivity index (χ1v) is 6.95. The Bertz CT molecular complexity index is 360. The summed E-state index contributed by atoms with van der Waals surface area (Å²) in [5, 5.41) is 4.77. The van der Waals surface area contributed by atoms with Gasteiger partial charge < -0.3 is 10.1 Å². The first-order chi connectivity index (χ1) is 9.56. The van der Waals surface area contributed by atoms with E-state index in [1.165, 1.54) is 7.11 Å². The second-order valence-corrected chi connectivity index (χ2v) is 4.81. The Labute approximate surface area is 119 Å². The zero-order chi connectivity index (χ0) is 15.0. The number of nitrogens with one attached hydrogen (secondary N) is 2. The smallest absolute Gasteiger partial charge is 0.321 e. The quantitative estimate of drug-likeness (QED) is 0.707. The van der Waals surface area contributed by atoms with Crippen molar-refractivity contribution in [3.8, 4) is 0 Å². The monoisotopic (exact) mass is 285 g/mol. The third-order valence-electron chi connectivity index (χ3n) is 3.32. The highest BCUT2D eigenvalue weighted by Gasteiger charge is 2.26. The third-order valence-corrected chi connectivity index (χ3v) is 3.32. The van der Waals surface area contributed by atoms with Crippen molar-refractivity contribution in [2.75, 3.05) is 26.7 Å². The second kappa shape index (κ2) is 8.52. The Morgan fingerprint density at radius 2 is 2.05 bits per heavy atom. The number of carbonyl (C=O) groups is 3. The van der Waals surface area contributed by atoms with Crippen molar-refractivity contribution in [3.05, 3.63) is 0 Å². The Kier molecular flexibility index (Phi) is 7.00. The maximum atomic E-state index is 11.8. The fraction of sp³-hybridized carbons (Fsp3) is 0.769. The lowest BCUT2D eigenvalue weighted by Gasteiger charge is -2.34. The number of imide groups is 1. The third kappa shape index (κ3) is 5.56. The fourth-order valence-corrected chi connectivity index (χ4v) is 2.33. The predicted octanol–water partition coefficient (Wildman–Crippen LogP) is 0.250. The SMILES string of the molecule is CCNC(=O)NC(=O)CN1CCCCC1CC(=O)OC. The first-order valence-electron chi connectivity index (χ1n) is 6.95. The largest absolute Gasteiger partial charge is 0.469 e.